The number of esters is 1. The van der Waals surface area contributed by atoms with Crippen molar-refractivity contribution in [2.24, 2.45) is 0 Å². The standard InChI is InChI=1S/C20H22ClNO5/c1-13(14-7-5-4-6-8-14)11-22-18(23)12-27-20(24)15-9-16(21)19(26-3)17(10-15)25-2/h4-10,13H,11-12H2,1-3H3,(H,22,23)/t13-/m1/s1. The molecule has 2 rings (SSSR count). The molecule has 144 valence electrons. The first-order chi connectivity index (χ1) is 13.0. The summed E-state index contributed by atoms with van der Waals surface area (Å²) in [4.78, 5) is 24.1. The van der Waals surface area contributed by atoms with Crippen LogP contribution in [-0.2, 0) is 9.53 Å². The zero-order chi connectivity index (χ0) is 19.8. The molecule has 1 N–H and O–H groups in total. The van der Waals surface area contributed by atoms with E-state index in [0.717, 1.165) is 5.56 Å². The number of methoxy groups -OCH3 is 2. The van der Waals surface area contributed by atoms with E-state index in [9.17, 15) is 9.59 Å². The molecule has 1 amide bonds. The van der Waals surface area contributed by atoms with Gasteiger partial charge in [0.25, 0.3) is 5.91 Å². The number of rotatable bonds is 8. The maximum absolute atomic E-state index is 12.2. The van der Waals surface area contributed by atoms with Gasteiger partial charge in [-0.1, -0.05) is 48.9 Å². The minimum atomic E-state index is -0.677. The molecule has 6 nitrogen and oxygen atoms in total. The Morgan fingerprint density at radius 3 is 2.44 bits per heavy atom. The molecule has 0 heterocycles. The quantitative estimate of drug-likeness (QED) is 0.698. The highest BCUT2D eigenvalue weighted by Gasteiger charge is 2.17. The topological polar surface area (TPSA) is 73.9 Å². The Kier molecular flexibility index (Phi) is 7.49. The summed E-state index contributed by atoms with van der Waals surface area (Å²) in [5, 5.41) is 2.97. The molecule has 2 aromatic rings. The number of hydrogen-bond donors (Lipinski definition) is 1. The Morgan fingerprint density at radius 2 is 1.81 bits per heavy atom. The molecule has 7 heteroatoms. The molecule has 0 spiro atoms. The van der Waals surface area contributed by atoms with E-state index in [0.29, 0.717) is 18.0 Å². The first kappa shape index (κ1) is 20.6. The number of halogens is 1. The van der Waals surface area contributed by atoms with Crippen LogP contribution in [0.4, 0.5) is 0 Å². The number of carbonyl (C=O) groups is 2. The highest BCUT2D eigenvalue weighted by molar-refractivity contribution is 6.32. The van der Waals surface area contributed by atoms with Crippen molar-refractivity contribution < 1.29 is 23.8 Å². The normalized spacial score (nSPS) is 11.4. The third-order valence-electron chi connectivity index (χ3n) is 3.98. The lowest BCUT2D eigenvalue weighted by molar-refractivity contribution is -0.124. The second kappa shape index (κ2) is 9.83. The molecule has 2 aromatic carbocycles. The zero-order valence-electron chi connectivity index (χ0n) is 15.5. The molecule has 1 atom stereocenters. The first-order valence-electron chi connectivity index (χ1n) is 8.36. The molecule has 0 aromatic heterocycles. The molecule has 0 radical (unpaired) electrons. The van der Waals surface area contributed by atoms with Crippen molar-refractivity contribution in [2.45, 2.75) is 12.8 Å². The van der Waals surface area contributed by atoms with E-state index in [-0.39, 0.29) is 29.0 Å². The van der Waals surface area contributed by atoms with Gasteiger partial charge < -0.3 is 19.5 Å². The van der Waals surface area contributed by atoms with Crippen LogP contribution in [0.5, 0.6) is 11.5 Å². The maximum atomic E-state index is 12.2. The Balaban J connectivity index is 1.88. The molecule has 0 saturated heterocycles. The lowest BCUT2D eigenvalue weighted by Gasteiger charge is -2.14. The van der Waals surface area contributed by atoms with Crippen molar-refractivity contribution in [1.82, 2.24) is 5.32 Å². The van der Waals surface area contributed by atoms with Gasteiger partial charge in [-0.15, -0.1) is 0 Å². The third-order valence-corrected chi connectivity index (χ3v) is 4.26. The van der Waals surface area contributed by atoms with Crippen LogP contribution in [0.3, 0.4) is 0 Å². The van der Waals surface area contributed by atoms with Gasteiger partial charge in [0.05, 0.1) is 24.8 Å². The van der Waals surface area contributed by atoms with Crippen LogP contribution in [0.2, 0.25) is 5.02 Å². The summed E-state index contributed by atoms with van der Waals surface area (Å²) in [5.74, 6) is -0.279. The Morgan fingerprint density at radius 1 is 1.11 bits per heavy atom. The summed E-state index contributed by atoms with van der Waals surface area (Å²) in [6, 6.07) is 12.7. The van der Waals surface area contributed by atoms with Crippen LogP contribution >= 0.6 is 11.6 Å². The molecule has 0 aliphatic rings. The second-order valence-electron chi connectivity index (χ2n) is 5.89. The Bertz CT molecular complexity index is 794. The molecule has 0 unspecified atom stereocenters. The summed E-state index contributed by atoms with van der Waals surface area (Å²) in [5.41, 5.74) is 1.29. The second-order valence-corrected chi connectivity index (χ2v) is 6.29. The fourth-order valence-corrected chi connectivity index (χ4v) is 2.76. The summed E-state index contributed by atoms with van der Waals surface area (Å²) < 4.78 is 15.3. The van der Waals surface area contributed by atoms with Crippen molar-refractivity contribution in [1.29, 1.82) is 0 Å². The first-order valence-corrected chi connectivity index (χ1v) is 8.74. The predicted molar refractivity (Wildman–Crippen MR) is 103 cm³/mol. The smallest absolute Gasteiger partial charge is 0.338 e. The summed E-state index contributed by atoms with van der Waals surface area (Å²) in [6.45, 7) is 2.07. The largest absolute Gasteiger partial charge is 0.493 e. The number of amides is 1. The van der Waals surface area contributed by atoms with Gasteiger partial charge in [0.1, 0.15) is 0 Å². The van der Waals surface area contributed by atoms with Crippen LogP contribution in [-0.4, -0.2) is 39.2 Å². The monoisotopic (exact) mass is 391 g/mol. The van der Waals surface area contributed by atoms with Gasteiger partial charge >= 0.3 is 5.97 Å². The fourth-order valence-electron chi connectivity index (χ4n) is 2.47. The third kappa shape index (κ3) is 5.62. The van der Waals surface area contributed by atoms with Gasteiger partial charge in [-0.3, -0.25) is 4.79 Å². The minimum absolute atomic E-state index is 0.149. The molecular weight excluding hydrogens is 370 g/mol. The average molecular weight is 392 g/mol. The number of ether oxygens (including phenoxy) is 3. The van der Waals surface area contributed by atoms with E-state index in [1.54, 1.807) is 0 Å². The predicted octanol–water partition coefficient (Wildman–Crippen LogP) is 3.43. The molecule has 0 fully saturated rings. The number of carbonyl (C=O) groups excluding carboxylic acids is 2. The molecular formula is C20H22ClNO5. The van der Waals surface area contributed by atoms with E-state index in [1.807, 2.05) is 37.3 Å². The molecule has 0 saturated carbocycles. The van der Waals surface area contributed by atoms with Gasteiger partial charge in [0.2, 0.25) is 0 Å². The fraction of sp³-hybridized carbons (Fsp3) is 0.300. The van der Waals surface area contributed by atoms with E-state index in [1.165, 1.54) is 26.4 Å². The maximum Gasteiger partial charge on any atom is 0.338 e. The van der Waals surface area contributed by atoms with Gasteiger partial charge in [-0.25, -0.2) is 4.79 Å². The van der Waals surface area contributed by atoms with Crippen molar-refractivity contribution in [3.8, 4) is 11.5 Å². The summed E-state index contributed by atoms with van der Waals surface area (Å²) in [6.07, 6.45) is 0. The van der Waals surface area contributed by atoms with E-state index in [2.05, 4.69) is 5.32 Å². The summed E-state index contributed by atoms with van der Waals surface area (Å²) in [7, 11) is 2.88. The van der Waals surface area contributed by atoms with E-state index >= 15 is 0 Å². The SMILES string of the molecule is COc1cc(C(=O)OCC(=O)NC[C@@H](C)c2ccccc2)cc(Cl)c1OC. The average Bonchev–Trinajstić information content (AvgIpc) is 2.69. The highest BCUT2D eigenvalue weighted by Crippen LogP contribution is 2.36. The van der Waals surface area contributed by atoms with Crippen molar-refractivity contribution >= 4 is 23.5 Å². The van der Waals surface area contributed by atoms with Crippen molar-refractivity contribution in [3.05, 3.63) is 58.6 Å². The van der Waals surface area contributed by atoms with Crippen LogP contribution in [0, 0.1) is 0 Å². The van der Waals surface area contributed by atoms with Crippen molar-refractivity contribution in [2.75, 3.05) is 27.4 Å². The summed E-state index contributed by atoms with van der Waals surface area (Å²) >= 11 is 6.07. The molecule has 0 bridgehead atoms. The van der Waals surface area contributed by atoms with Gasteiger partial charge in [-0.05, 0) is 23.6 Å². The molecule has 0 aliphatic carbocycles. The Labute approximate surface area is 163 Å². The lowest BCUT2D eigenvalue weighted by atomic mass is 10.0. The number of benzene rings is 2. The van der Waals surface area contributed by atoms with Crippen LogP contribution in [0.15, 0.2) is 42.5 Å². The number of hydrogen-bond acceptors (Lipinski definition) is 5. The van der Waals surface area contributed by atoms with Gasteiger partial charge in [-0.2, -0.15) is 0 Å². The van der Waals surface area contributed by atoms with E-state index in [4.69, 9.17) is 25.8 Å². The van der Waals surface area contributed by atoms with Crippen LogP contribution < -0.4 is 14.8 Å². The highest BCUT2D eigenvalue weighted by atomic mass is 35.5. The van der Waals surface area contributed by atoms with Crippen molar-refractivity contribution in [3.63, 3.8) is 0 Å². The number of nitrogens with one attached hydrogen (secondary N) is 1. The molecule has 27 heavy (non-hydrogen) atoms. The molecule has 0 aliphatic heterocycles. The van der Waals surface area contributed by atoms with Gasteiger partial charge in [0.15, 0.2) is 18.1 Å². The van der Waals surface area contributed by atoms with Crippen LogP contribution in [0.1, 0.15) is 28.8 Å². The zero-order valence-corrected chi connectivity index (χ0v) is 16.2. The lowest BCUT2D eigenvalue weighted by Crippen LogP contribution is -2.31. The van der Waals surface area contributed by atoms with Gasteiger partial charge in [0, 0.05) is 6.54 Å². The van der Waals surface area contributed by atoms with E-state index < -0.39 is 5.97 Å². The Hall–Kier alpha value is -2.73. The minimum Gasteiger partial charge on any atom is -0.493 e. The van der Waals surface area contributed by atoms with Crippen LogP contribution in [0.25, 0.3) is 0 Å².